The number of para-hydroxylation sites is 1. The van der Waals surface area contributed by atoms with Gasteiger partial charge in [0.05, 0.1) is 22.2 Å². The molecule has 0 spiro atoms. The molecule has 1 N–H and O–H groups in total. The van der Waals surface area contributed by atoms with Crippen LogP contribution in [0, 0.1) is 11.6 Å². The number of hydrogen-bond donors (Lipinski definition) is 1. The number of benzene rings is 3. The average Bonchev–Trinajstić information content (AvgIpc) is 2.74. The Bertz CT molecular complexity index is 1410. The number of aromatic amines is 1. The van der Waals surface area contributed by atoms with Crippen LogP contribution in [0.3, 0.4) is 0 Å². The van der Waals surface area contributed by atoms with E-state index in [0.717, 1.165) is 10.6 Å². The normalized spacial score (nSPS) is 12.0. The van der Waals surface area contributed by atoms with Crippen molar-refractivity contribution in [3.63, 3.8) is 0 Å². The Balaban J connectivity index is 1.67. The number of ether oxygens (including phenoxy) is 1. The van der Waals surface area contributed by atoms with E-state index in [9.17, 15) is 23.2 Å². The molecule has 0 fully saturated rings. The third-order valence-electron chi connectivity index (χ3n) is 4.83. The van der Waals surface area contributed by atoms with Crippen molar-refractivity contribution in [2.24, 2.45) is 0 Å². The highest BCUT2D eigenvalue weighted by molar-refractivity contribution is 5.94. The van der Waals surface area contributed by atoms with Gasteiger partial charge in [-0.05, 0) is 49.4 Å². The van der Waals surface area contributed by atoms with E-state index in [1.54, 1.807) is 30.3 Å². The van der Waals surface area contributed by atoms with Crippen LogP contribution in [0.4, 0.5) is 8.78 Å². The van der Waals surface area contributed by atoms with E-state index >= 15 is 0 Å². The summed E-state index contributed by atoms with van der Waals surface area (Å²) in [4.78, 5) is 40.4. The SMILES string of the molecule is C[C@H](OC(=O)c1ccc2c(=O)n(-c3ccccc3)c(=O)[nH]c2c1)c1ccc(F)cc1F. The number of fused-ring (bicyclic) bond motifs is 1. The van der Waals surface area contributed by atoms with Gasteiger partial charge in [0.1, 0.15) is 17.7 Å². The molecule has 31 heavy (non-hydrogen) atoms. The molecular weight excluding hydrogens is 406 g/mol. The Hall–Kier alpha value is -4.07. The monoisotopic (exact) mass is 422 g/mol. The Morgan fingerprint density at radius 3 is 2.45 bits per heavy atom. The number of hydrogen-bond acceptors (Lipinski definition) is 4. The molecule has 3 aromatic carbocycles. The Morgan fingerprint density at radius 1 is 1.00 bits per heavy atom. The molecule has 6 nitrogen and oxygen atoms in total. The maximum Gasteiger partial charge on any atom is 0.338 e. The lowest BCUT2D eigenvalue weighted by Gasteiger charge is -2.15. The van der Waals surface area contributed by atoms with Crippen molar-refractivity contribution in [1.82, 2.24) is 9.55 Å². The molecule has 0 amide bonds. The van der Waals surface area contributed by atoms with E-state index in [1.807, 2.05) is 0 Å². The van der Waals surface area contributed by atoms with Crippen LogP contribution in [0.5, 0.6) is 0 Å². The molecule has 156 valence electrons. The highest BCUT2D eigenvalue weighted by Crippen LogP contribution is 2.23. The highest BCUT2D eigenvalue weighted by atomic mass is 19.1. The minimum Gasteiger partial charge on any atom is -0.454 e. The predicted molar refractivity (Wildman–Crippen MR) is 110 cm³/mol. The Morgan fingerprint density at radius 2 is 1.74 bits per heavy atom. The lowest BCUT2D eigenvalue weighted by molar-refractivity contribution is 0.0331. The van der Waals surface area contributed by atoms with Crippen molar-refractivity contribution in [3.8, 4) is 5.69 Å². The quantitative estimate of drug-likeness (QED) is 0.506. The van der Waals surface area contributed by atoms with Gasteiger partial charge in [-0.2, -0.15) is 0 Å². The van der Waals surface area contributed by atoms with E-state index in [0.29, 0.717) is 11.8 Å². The Kier molecular flexibility index (Phi) is 5.21. The van der Waals surface area contributed by atoms with Gasteiger partial charge >= 0.3 is 11.7 Å². The third-order valence-corrected chi connectivity index (χ3v) is 4.83. The zero-order valence-corrected chi connectivity index (χ0v) is 16.3. The Labute approximate surface area is 174 Å². The zero-order chi connectivity index (χ0) is 22.1. The summed E-state index contributed by atoms with van der Waals surface area (Å²) in [7, 11) is 0. The summed E-state index contributed by atoms with van der Waals surface area (Å²) in [6, 6.07) is 15.5. The molecule has 0 aliphatic heterocycles. The lowest BCUT2D eigenvalue weighted by atomic mass is 10.1. The fourth-order valence-corrected chi connectivity index (χ4v) is 3.28. The van der Waals surface area contributed by atoms with Gasteiger partial charge in [0.2, 0.25) is 0 Å². The molecule has 0 unspecified atom stereocenters. The molecular formula is C23H16F2N2O4. The number of H-pyrrole nitrogens is 1. The largest absolute Gasteiger partial charge is 0.454 e. The summed E-state index contributed by atoms with van der Waals surface area (Å²) in [5.41, 5.74) is -0.529. The number of carbonyl (C=O) groups excluding carboxylic acids is 1. The van der Waals surface area contributed by atoms with Gasteiger partial charge in [-0.15, -0.1) is 0 Å². The highest BCUT2D eigenvalue weighted by Gasteiger charge is 2.19. The predicted octanol–water partition coefficient (Wildman–Crippen LogP) is 3.88. The van der Waals surface area contributed by atoms with E-state index < -0.39 is 35.0 Å². The van der Waals surface area contributed by atoms with Gasteiger partial charge in [0.25, 0.3) is 5.56 Å². The number of nitrogens with one attached hydrogen (secondary N) is 1. The lowest BCUT2D eigenvalue weighted by Crippen LogP contribution is -2.33. The van der Waals surface area contributed by atoms with Crippen LogP contribution < -0.4 is 11.2 Å². The second kappa shape index (κ2) is 7.98. The van der Waals surface area contributed by atoms with Gasteiger partial charge < -0.3 is 9.72 Å². The van der Waals surface area contributed by atoms with Crippen molar-refractivity contribution in [1.29, 1.82) is 0 Å². The van der Waals surface area contributed by atoms with E-state index in [4.69, 9.17) is 4.74 Å². The molecule has 4 aromatic rings. The van der Waals surface area contributed by atoms with Crippen LogP contribution in [-0.4, -0.2) is 15.5 Å². The van der Waals surface area contributed by atoms with Crippen LogP contribution in [-0.2, 0) is 4.74 Å². The smallest absolute Gasteiger partial charge is 0.338 e. The molecule has 0 bridgehead atoms. The van der Waals surface area contributed by atoms with Crippen LogP contribution in [0.25, 0.3) is 16.6 Å². The molecule has 1 atom stereocenters. The summed E-state index contributed by atoms with van der Waals surface area (Å²) in [5.74, 6) is -2.35. The molecule has 0 aliphatic carbocycles. The number of aromatic nitrogens is 2. The van der Waals surface area contributed by atoms with Gasteiger partial charge in [-0.25, -0.2) is 22.9 Å². The second-order valence-electron chi connectivity index (χ2n) is 6.88. The van der Waals surface area contributed by atoms with Crippen molar-refractivity contribution in [3.05, 3.63) is 110 Å². The summed E-state index contributed by atoms with van der Waals surface area (Å²) >= 11 is 0. The fraction of sp³-hybridized carbons (Fsp3) is 0.0870. The molecule has 0 aliphatic rings. The topological polar surface area (TPSA) is 81.2 Å². The first-order valence-electron chi connectivity index (χ1n) is 9.35. The van der Waals surface area contributed by atoms with Crippen LogP contribution in [0.1, 0.15) is 28.9 Å². The number of rotatable bonds is 4. The summed E-state index contributed by atoms with van der Waals surface area (Å²) in [5, 5.41) is 0.206. The average molecular weight is 422 g/mol. The van der Waals surface area contributed by atoms with Gasteiger partial charge in [0, 0.05) is 11.6 Å². The minimum absolute atomic E-state index is 0.0229. The van der Waals surface area contributed by atoms with E-state index in [-0.39, 0.29) is 22.0 Å². The van der Waals surface area contributed by atoms with Gasteiger partial charge in [-0.3, -0.25) is 4.79 Å². The summed E-state index contributed by atoms with van der Waals surface area (Å²) < 4.78 is 33.3. The number of halogens is 2. The maximum atomic E-state index is 13.9. The molecule has 0 saturated heterocycles. The first-order valence-corrected chi connectivity index (χ1v) is 9.35. The first kappa shape index (κ1) is 20.2. The standard InChI is InChI=1S/C23H16F2N2O4/c1-13(17-10-8-15(24)12-19(17)25)31-22(29)14-7-9-18-20(11-14)26-23(30)27(21(18)28)16-5-3-2-4-6-16/h2-13H,1H3,(H,26,30)/t13-/m0/s1. The van der Waals surface area contributed by atoms with Crippen molar-refractivity contribution in [2.75, 3.05) is 0 Å². The third kappa shape index (κ3) is 3.87. The van der Waals surface area contributed by atoms with Gasteiger partial charge in [0.15, 0.2) is 0 Å². The molecule has 0 saturated carbocycles. The number of carbonyl (C=O) groups is 1. The molecule has 1 heterocycles. The van der Waals surface area contributed by atoms with E-state index in [1.165, 1.54) is 31.2 Å². The maximum absolute atomic E-state index is 13.9. The fourth-order valence-electron chi connectivity index (χ4n) is 3.28. The molecule has 4 rings (SSSR count). The van der Waals surface area contributed by atoms with Crippen molar-refractivity contribution >= 4 is 16.9 Å². The van der Waals surface area contributed by atoms with Crippen LogP contribution in [0.15, 0.2) is 76.3 Å². The zero-order valence-electron chi connectivity index (χ0n) is 16.3. The summed E-state index contributed by atoms with van der Waals surface area (Å²) in [6.45, 7) is 1.45. The molecule has 0 radical (unpaired) electrons. The first-order chi connectivity index (χ1) is 14.8. The minimum atomic E-state index is -0.978. The number of nitrogens with zero attached hydrogens (tertiary/aromatic N) is 1. The van der Waals surface area contributed by atoms with Crippen LogP contribution >= 0.6 is 0 Å². The summed E-state index contributed by atoms with van der Waals surface area (Å²) in [6.07, 6.45) is -0.978. The molecule has 1 aromatic heterocycles. The van der Waals surface area contributed by atoms with Gasteiger partial charge in [-0.1, -0.05) is 18.2 Å². The molecule has 8 heteroatoms. The van der Waals surface area contributed by atoms with E-state index in [2.05, 4.69) is 4.98 Å². The second-order valence-corrected chi connectivity index (χ2v) is 6.88. The van der Waals surface area contributed by atoms with Crippen molar-refractivity contribution < 1.29 is 18.3 Å². The number of esters is 1. The van der Waals surface area contributed by atoms with Crippen molar-refractivity contribution in [2.45, 2.75) is 13.0 Å². The van der Waals surface area contributed by atoms with Crippen LogP contribution in [0.2, 0.25) is 0 Å².